The number of fused-ring (bicyclic) bond motifs is 1. The van der Waals surface area contributed by atoms with Crippen LogP contribution in [0.15, 0.2) is 28.8 Å². The lowest BCUT2D eigenvalue weighted by atomic mass is 10.1. The number of halogens is 1. The number of hydrogen-bond acceptors (Lipinski definition) is 2. The second-order valence-corrected chi connectivity index (χ2v) is 5.17. The predicted molar refractivity (Wildman–Crippen MR) is 68.2 cm³/mol. The Labute approximate surface area is 106 Å². The molecule has 0 bridgehead atoms. The van der Waals surface area contributed by atoms with Crippen molar-refractivity contribution < 1.29 is 4.42 Å². The van der Waals surface area contributed by atoms with Crippen molar-refractivity contribution in [3.8, 4) is 11.3 Å². The number of oxazole rings is 1. The first kappa shape index (κ1) is 10.8. The average Bonchev–Trinajstić information content (AvgIpc) is 2.97. The van der Waals surface area contributed by atoms with Gasteiger partial charge in [-0.3, -0.25) is 0 Å². The van der Waals surface area contributed by atoms with E-state index in [2.05, 4.69) is 23.2 Å². The van der Waals surface area contributed by atoms with Crippen LogP contribution in [0, 0.1) is 0 Å². The van der Waals surface area contributed by atoms with E-state index in [1.54, 1.807) is 6.20 Å². The Hall–Kier alpha value is -1.28. The third-order valence-corrected chi connectivity index (χ3v) is 3.43. The van der Waals surface area contributed by atoms with Gasteiger partial charge in [0.05, 0.1) is 6.20 Å². The summed E-state index contributed by atoms with van der Waals surface area (Å²) >= 11 is 5.94. The van der Waals surface area contributed by atoms with Gasteiger partial charge in [-0.25, -0.2) is 4.98 Å². The van der Waals surface area contributed by atoms with Crippen molar-refractivity contribution in [3.05, 3.63) is 41.4 Å². The van der Waals surface area contributed by atoms with Crippen LogP contribution in [-0.4, -0.2) is 4.98 Å². The zero-order chi connectivity index (χ0) is 11.8. The van der Waals surface area contributed by atoms with E-state index in [4.69, 9.17) is 16.0 Å². The number of hydrogen-bond donors (Lipinski definition) is 0. The first-order valence-corrected chi connectivity index (χ1v) is 6.39. The molecule has 0 radical (unpaired) electrons. The van der Waals surface area contributed by atoms with Crippen LogP contribution in [0.2, 0.25) is 0 Å². The zero-order valence-electron chi connectivity index (χ0n) is 9.74. The van der Waals surface area contributed by atoms with E-state index >= 15 is 0 Å². The van der Waals surface area contributed by atoms with Crippen molar-refractivity contribution in [1.82, 2.24) is 4.98 Å². The Kier molecular flexibility index (Phi) is 2.67. The second kappa shape index (κ2) is 4.19. The molecular formula is C14H14ClNO. The number of nitrogens with zero attached hydrogens (tertiary/aromatic N) is 1. The smallest absolute Gasteiger partial charge is 0.212 e. The molecule has 1 aliphatic rings. The number of aromatic nitrogens is 1. The van der Waals surface area contributed by atoms with E-state index in [1.807, 2.05) is 6.92 Å². The molecule has 1 heterocycles. The standard InChI is InChI=1S/C14H14ClNO/c1-9(15)14-16-8-13(17-14)12-6-5-10-3-2-4-11(10)7-12/h5-9H,2-4H2,1H3/t9-/m1/s1. The van der Waals surface area contributed by atoms with Crippen LogP contribution >= 0.6 is 11.6 Å². The number of benzene rings is 1. The van der Waals surface area contributed by atoms with Gasteiger partial charge >= 0.3 is 0 Å². The molecule has 0 saturated heterocycles. The van der Waals surface area contributed by atoms with E-state index in [0.29, 0.717) is 5.89 Å². The summed E-state index contributed by atoms with van der Waals surface area (Å²) in [7, 11) is 0. The Morgan fingerprint density at radius 2 is 2.12 bits per heavy atom. The molecule has 3 heteroatoms. The van der Waals surface area contributed by atoms with E-state index < -0.39 is 0 Å². The molecule has 0 spiro atoms. The molecule has 0 unspecified atom stereocenters. The first-order valence-electron chi connectivity index (χ1n) is 5.96. The van der Waals surface area contributed by atoms with Crippen molar-refractivity contribution in [3.63, 3.8) is 0 Å². The van der Waals surface area contributed by atoms with Crippen LogP contribution in [0.5, 0.6) is 0 Å². The fraction of sp³-hybridized carbons (Fsp3) is 0.357. The highest BCUT2D eigenvalue weighted by molar-refractivity contribution is 6.20. The fourth-order valence-corrected chi connectivity index (χ4v) is 2.43. The van der Waals surface area contributed by atoms with E-state index in [1.165, 1.54) is 30.4 Å². The Bertz CT molecular complexity index is 545. The monoisotopic (exact) mass is 247 g/mol. The predicted octanol–water partition coefficient (Wildman–Crippen LogP) is 4.13. The minimum absolute atomic E-state index is 0.182. The Balaban J connectivity index is 1.97. The van der Waals surface area contributed by atoms with Crippen LogP contribution in [-0.2, 0) is 12.8 Å². The summed E-state index contributed by atoms with van der Waals surface area (Å²) in [6.07, 6.45) is 5.40. The minimum atomic E-state index is -0.182. The molecule has 0 N–H and O–H groups in total. The molecule has 88 valence electrons. The maximum atomic E-state index is 5.94. The average molecular weight is 248 g/mol. The summed E-state index contributed by atoms with van der Waals surface area (Å²) in [6.45, 7) is 1.86. The molecule has 0 amide bonds. The summed E-state index contributed by atoms with van der Waals surface area (Å²) in [5.74, 6) is 1.39. The van der Waals surface area contributed by atoms with Crippen molar-refractivity contribution in [2.24, 2.45) is 0 Å². The highest BCUT2D eigenvalue weighted by atomic mass is 35.5. The van der Waals surface area contributed by atoms with Gasteiger partial charge in [0.1, 0.15) is 5.38 Å². The lowest BCUT2D eigenvalue weighted by Gasteiger charge is -2.02. The van der Waals surface area contributed by atoms with Gasteiger partial charge < -0.3 is 4.42 Å². The SMILES string of the molecule is C[C@@H](Cl)c1ncc(-c2ccc3c(c2)CCC3)o1. The topological polar surface area (TPSA) is 26.0 Å². The van der Waals surface area contributed by atoms with Crippen molar-refractivity contribution >= 4 is 11.6 Å². The van der Waals surface area contributed by atoms with E-state index in [-0.39, 0.29) is 5.38 Å². The first-order chi connectivity index (χ1) is 8.24. The maximum absolute atomic E-state index is 5.94. The lowest BCUT2D eigenvalue weighted by Crippen LogP contribution is -1.83. The van der Waals surface area contributed by atoms with Gasteiger partial charge in [-0.1, -0.05) is 12.1 Å². The van der Waals surface area contributed by atoms with Crippen molar-refractivity contribution in [2.45, 2.75) is 31.6 Å². The molecule has 1 aliphatic carbocycles. The van der Waals surface area contributed by atoms with Crippen molar-refractivity contribution in [1.29, 1.82) is 0 Å². The van der Waals surface area contributed by atoms with Gasteiger partial charge in [0.25, 0.3) is 0 Å². The van der Waals surface area contributed by atoms with Gasteiger partial charge in [-0.2, -0.15) is 0 Å². The quantitative estimate of drug-likeness (QED) is 0.746. The van der Waals surface area contributed by atoms with Gasteiger partial charge in [-0.15, -0.1) is 11.6 Å². The summed E-state index contributed by atoms with van der Waals surface area (Å²) < 4.78 is 5.65. The van der Waals surface area contributed by atoms with Crippen LogP contribution < -0.4 is 0 Å². The fourth-order valence-electron chi connectivity index (χ4n) is 2.33. The maximum Gasteiger partial charge on any atom is 0.212 e. The molecule has 0 aliphatic heterocycles. The van der Waals surface area contributed by atoms with Gasteiger partial charge in [-0.05, 0) is 43.4 Å². The van der Waals surface area contributed by atoms with Gasteiger partial charge in [0, 0.05) is 5.56 Å². The highest BCUT2D eigenvalue weighted by Gasteiger charge is 2.14. The normalized spacial score (nSPS) is 15.9. The van der Waals surface area contributed by atoms with Crippen LogP contribution in [0.1, 0.15) is 35.7 Å². The molecule has 1 aromatic heterocycles. The molecule has 1 aromatic carbocycles. The molecule has 17 heavy (non-hydrogen) atoms. The van der Waals surface area contributed by atoms with Crippen molar-refractivity contribution in [2.75, 3.05) is 0 Å². The summed E-state index contributed by atoms with van der Waals surface area (Å²) in [5.41, 5.74) is 4.01. The molecule has 1 atom stereocenters. The summed E-state index contributed by atoms with van der Waals surface area (Å²) in [5, 5.41) is -0.182. The van der Waals surface area contributed by atoms with E-state index in [9.17, 15) is 0 Å². The third kappa shape index (κ3) is 1.98. The highest BCUT2D eigenvalue weighted by Crippen LogP contribution is 2.30. The summed E-state index contributed by atoms with van der Waals surface area (Å²) in [6, 6.07) is 6.52. The van der Waals surface area contributed by atoms with Gasteiger partial charge in [0.15, 0.2) is 5.76 Å². The van der Waals surface area contributed by atoms with Crippen LogP contribution in [0.25, 0.3) is 11.3 Å². The molecular weight excluding hydrogens is 234 g/mol. The third-order valence-electron chi connectivity index (χ3n) is 3.25. The molecule has 3 rings (SSSR count). The van der Waals surface area contributed by atoms with E-state index in [0.717, 1.165) is 11.3 Å². The number of aryl methyl sites for hydroxylation is 2. The Morgan fingerprint density at radius 3 is 2.88 bits per heavy atom. The largest absolute Gasteiger partial charge is 0.439 e. The number of rotatable bonds is 2. The van der Waals surface area contributed by atoms with Crippen LogP contribution in [0.4, 0.5) is 0 Å². The molecule has 0 saturated carbocycles. The minimum Gasteiger partial charge on any atom is -0.439 e. The second-order valence-electron chi connectivity index (χ2n) is 4.52. The molecule has 2 aromatic rings. The lowest BCUT2D eigenvalue weighted by molar-refractivity contribution is 0.508. The zero-order valence-corrected chi connectivity index (χ0v) is 10.5. The summed E-state index contributed by atoms with van der Waals surface area (Å²) in [4.78, 5) is 4.19. The van der Waals surface area contributed by atoms with Gasteiger partial charge in [0.2, 0.25) is 5.89 Å². The molecule has 0 fully saturated rings. The van der Waals surface area contributed by atoms with Crippen LogP contribution in [0.3, 0.4) is 0 Å². The Morgan fingerprint density at radius 1 is 1.29 bits per heavy atom. The molecule has 2 nitrogen and oxygen atoms in total. The number of alkyl halides is 1.